The summed E-state index contributed by atoms with van der Waals surface area (Å²) in [5.41, 5.74) is -0.158. The molecule has 0 spiro atoms. The van der Waals surface area contributed by atoms with Gasteiger partial charge in [0.1, 0.15) is 6.04 Å². The molecule has 23 heavy (non-hydrogen) atoms. The third-order valence-corrected chi connectivity index (χ3v) is 4.01. The average Bonchev–Trinajstić information content (AvgIpc) is 2.85. The molecule has 2 rings (SSSR count). The average molecular weight is 320 g/mol. The fourth-order valence-electron chi connectivity index (χ4n) is 2.83. The van der Waals surface area contributed by atoms with Crippen LogP contribution in [0.4, 0.5) is 0 Å². The van der Waals surface area contributed by atoms with Crippen molar-refractivity contribution in [2.45, 2.75) is 25.4 Å². The molecule has 0 saturated carbocycles. The van der Waals surface area contributed by atoms with Gasteiger partial charge in [-0.05, 0) is 19.9 Å². The number of aliphatic hydroxyl groups excluding tert-OH is 1. The second-order valence-electron chi connectivity index (χ2n) is 5.78. The number of benzene rings is 1. The van der Waals surface area contributed by atoms with Crippen LogP contribution in [0.15, 0.2) is 6.07 Å². The summed E-state index contributed by atoms with van der Waals surface area (Å²) in [4.78, 5) is 14.2. The van der Waals surface area contributed by atoms with Gasteiger partial charge in [-0.1, -0.05) is 0 Å². The summed E-state index contributed by atoms with van der Waals surface area (Å²) in [7, 11) is 4.36. The van der Waals surface area contributed by atoms with Gasteiger partial charge < -0.3 is 24.2 Å². The minimum absolute atomic E-state index is 0.276. The zero-order chi connectivity index (χ0) is 17.4. The number of methoxy groups -OCH3 is 3. The number of nitrogens with zero attached hydrogens (tertiary/aromatic N) is 2. The van der Waals surface area contributed by atoms with E-state index in [0.717, 1.165) is 0 Å². The van der Waals surface area contributed by atoms with Gasteiger partial charge in [0.2, 0.25) is 5.75 Å². The second kappa shape index (κ2) is 5.97. The summed E-state index contributed by atoms with van der Waals surface area (Å²) in [6.07, 6.45) is 0. The number of carbonyl (C=O) groups excluding carboxylic acids is 1. The Morgan fingerprint density at radius 1 is 1.26 bits per heavy atom. The van der Waals surface area contributed by atoms with Crippen molar-refractivity contribution in [2.75, 3.05) is 27.9 Å². The van der Waals surface area contributed by atoms with Crippen LogP contribution >= 0.6 is 0 Å². The lowest BCUT2D eigenvalue weighted by molar-refractivity contribution is 0.0336. The molecule has 1 amide bonds. The van der Waals surface area contributed by atoms with Crippen LogP contribution in [0.25, 0.3) is 0 Å². The van der Waals surface area contributed by atoms with E-state index in [0.29, 0.717) is 22.6 Å². The third kappa shape index (κ3) is 2.35. The summed E-state index contributed by atoms with van der Waals surface area (Å²) < 4.78 is 16.0. The topological polar surface area (TPSA) is 92.0 Å². The maximum Gasteiger partial charge on any atom is 0.256 e. The highest BCUT2D eigenvalue weighted by molar-refractivity contribution is 6.02. The molecular weight excluding hydrogens is 300 g/mol. The van der Waals surface area contributed by atoms with Crippen LogP contribution in [0.5, 0.6) is 17.2 Å². The van der Waals surface area contributed by atoms with Gasteiger partial charge in [-0.25, -0.2) is 0 Å². The molecule has 0 saturated heterocycles. The van der Waals surface area contributed by atoms with Gasteiger partial charge in [0.15, 0.2) is 11.5 Å². The molecule has 0 aromatic heterocycles. The fourth-order valence-corrected chi connectivity index (χ4v) is 2.83. The summed E-state index contributed by atoms with van der Waals surface area (Å²) >= 11 is 0. The van der Waals surface area contributed by atoms with Gasteiger partial charge in [0.05, 0.1) is 45.1 Å². The maximum absolute atomic E-state index is 12.8. The molecule has 1 aromatic rings. The molecule has 0 bridgehead atoms. The molecule has 1 heterocycles. The Labute approximate surface area is 135 Å². The Morgan fingerprint density at radius 2 is 1.87 bits per heavy atom. The predicted octanol–water partition coefficient (Wildman–Crippen LogP) is 1.50. The van der Waals surface area contributed by atoms with E-state index in [4.69, 9.17) is 14.2 Å². The number of nitriles is 1. The van der Waals surface area contributed by atoms with Crippen molar-refractivity contribution in [3.8, 4) is 23.3 Å². The number of carbonyl (C=O) groups is 1. The van der Waals surface area contributed by atoms with E-state index in [1.165, 1.54) is 32.3 Å². The summed E-state index contributed by atoms with van der Waals surface area (Å²) in [5, 5.41) is 19.2. The number of hydrogen-bond donors (Lipinski definition) is 1. The first kappa shape index (κ1) is 16.9. The summed E-state index contributed by atoms with van der Waals surface area (Å²) in [6.45, 7) is 3.12. The van der Waals surface area contributed by atoms with E-state index in [-0.39, 0.29) is 18.3 Å². The SMILES string of the molecule is COc1cc2c(c(OC)c1OC)C(C#N)N(C(C)(C)CO)C2=O. The molecule has 1 atom stereocenters. The fraction of sp³-hybridized carbons (Fsp3) is 0.500. The van der Waals surface area contributed by atoms with Crippen LogP contribution in [0, 0.1) is 11.3 Å². The number of hydrogen-bond acceptors (Lipinski definition) is 6. The molecule has 124 valence electrons. The molecule has 0 radical (unpaired) electrons. The van der Waals surface area contributed by atoms with Crippen LogP contribution in [0.2, 0.25) is 0 Å². The van der Waals surface area contributed by atoms with Crippen molar-refractivity contribution in [1.82, 2.24) is 4.90 Å². The minimum Gasteiger partial charge on any atom is -0.493 e. The first-order chi connectivity index (χ1) is 10.9. The molecule has 7 heteroatoms. The van der Waals surface area contributed by atoms with Crippen molar-refractivity contribution in [3.05, 3.63) is 17.2 Å². The highest BCUT2D eigenvalue weighted by atomic mass is 16.5. The summed E-state index contributed by atoms with van der Waals surface area (Å²) in [6, 6.07) is 2.78. The van der Waals surface area contributed by atoms with Crippen molar-refractivity contribution >= 4 is 5.91 Å². The van der Waals surface area contributed by atoms with E-state index in [1.54, 1.807) is 13.8 Å². The van der Waals surface area contributed by atoms with Crippen molar-refractivity contribution in [1.29, 1.82) is 5.26 Å². The first-order valence-electron chi connectivity index (χ1n) is 7.04. The lowest BCUT2D eigenvalue weighted by atomic mass is 10.00. The largest absolute Gasteiger partial charge is 0.493 e. The van der Waals surface area contributed by atoms with Crippen LogP contribution in [-0.2, 0) is 0 Å². The first-order valence-corrected chi connectivity index (χ1v) is 7.04. The second-order valence-corrected chi connectivity index (χ2v) is 5.78. The molecule has 1 aromatic carbocycles. The number of rotatable bonds is 5. The number of aliphatic hydroxyl groups is 1. The normalized spacial score (nSPS) is 16.8. The van der Waals surface area contributed by atoms with Crippen LogP contribution in [0.1, 0.15) is 35.8 Å². The summed E-state index contributed by atoms with van der Waals surface area (Å²) in [5.74, 6) is 0.602. The van der Waals surface area contributed by atoms with E-state index in [2.05, 4.69) is 6.07 Å². The molecule has 0 aliphatic carbocycles. The standard InChI is InChI=1S/C16H20N2O5/c1-16(2,8-19)18-10(7-17)12-9(15(18)20)6-11(21-3)13(22-4)14(12)23-5/h6,10,19H,8H2,1-5H3. The monoisotopic (exact) mass is 320 g/mol. The quantitative estimate of drug-likeness (QED) is 0.884. The van der Waals surface area contributed by atoms with E-state index >= 15 is 0 Å². The Bertz CT molecular complexity index is 678. The van der Waals surface area contributed by atoms with Crippen LogP contribution < -0.4 is 14.2 Å². The van der Waals surface area contributed by atoms with Gasteiger partial charge >= 0.3 is 0 Å². The van der Waals surface area contributed by atoms with Crippen molar-refractivity contribution in [3.63, 3.8) is 0 Å². The van der Waals surface area contributed by atoms with Gasteiger partial charge in [-0.15, -0.1) is 0 Å². The molecule has 1 N–H and O–H groups in total. The lowest BCUT2D eigenvalue weighted by Crippen LogP contribution is -2.48. The molecule has 1 unspecified atom stereocenters. The molecule has 7 nitrogen and oxygen atoms in total. The molecule has 0 fully saturated rings. The van der Waals surface area contributed by atoms with Crippen molar-refractivity contribution < 1.29 is 24.1 Å². The number of fused-ring (bicyclic) bond motifs is 1. The van der Waals surface area contributed by atoms with E-state index in [1.807, 2.05) is 0 Å². The van der Waals surface area contributed by atoms with E-state index in [9.17, 15) is 15.2 Å². The Hall–Kier alpha value is -2.46. The maximum atomic E-state index is 12.8. The molecule has 1 aliphatic heterocycles. The van der Waals surface area contributed by atoms with Crippen LogP contribution in [-0.4, -0.2) is 49.4 Å². The molecule has 1 aliphatic rings. The Kier molecular flexibility index (Phi) is 4.39. The highest BCUT2D eigenvalue weighted by Gasteiger charge is 2.47. The molecular formula is C16H20N2O5. The number of ether oxygens (including phenoxy) is 3. The third-order valence-electron chi connectivity index (χ3n) is 4.01. The smallest absolute Gasteiger partial charge is 0.256 e. The minimum atomic E-state index is -0.901. The van der Waals surface area contributed by atoms with Gasteiger partial charge in [-0.2, -0.15) is 5.26 Å². The Balaban J connectivity index is 2.77. The van der Waals surface area contributed by atoms with Crippen molar-refractivity contribution in [2.24, 2.45) is 0 Å². The van der Waals surface area contributed by atoms with Gasteiger partial charge in [0.25, 0.3) is 5.91 Å². The van der Waals surface area contributed by atoms with Gasteiger partial charge in [0, 0.05) is 5.56 Å². The van der Waals surface area contributed by atoms with Crippen LogP contribution in [0.3, 0.4) is 0 Å². The van der Waals surface area contributed by atoms with E-state index < -0.39 is 11.6 Å². The Morgan fingerprint density at radius 3 is 2.30 bits per heavy atom. The lowest BCUT2D eigenvalue weighted by Gasteiger charge is -2.36. The number of amides is 1. The predicted molar refractivity (Wildman–Crippen MR) is 81.8 cm³/mol. The van der Waals surface area contributed by atoms with Gasteiger partial charge in [-0.3, -0.25) is 4.79 Å². The highest BCUT2D eigenvalue weighted by Crippen LogP contribution is 2.50. The zero-order valence-corrected chi connectivity index (χ0v) is 13.8. The zero-order valence-electron chi connectivity index (χ0n) is 13.8.